The molecule has 4 aromatic carbocycles. The third-order valence-corrected chi connectivity index (χ3v) is 10.2. The van der Waals surface area contributed by atoms with Gasteiger partial charge in [-0.05, 0) is 75.9 Å². The first kappa shape index (κ1) is 38.0. The fourth-order valence-electron chi connectivity index (χ4n) is 7.84. The second-order valence-electron chi connectivity index (χ2n) is 16.0. The normalized spacial score (nSPS) is 16.2. The van der Waals surface area contributed by atoms with Gasteiger partial charge < -0.3 is 24.1 Å². The largest absolute Gasteiger partial charge is 0.461 e. The van der Waals surface area contributed by atoms with Crippen LogP contribution in [0.25, 0.3) is 33.5 Å². The number of carbonyl (C=O) groups excluding carboxylic acids is 1. The van der Waals surface area contributed by atoms with Gasteiger partial charge in [-0.15, -0.1) is 0 Å². The zero-order valence-electron chi connectivity index (χ0n) is 33.1. The number of hydrogen-bond donors (Lipinski definition) is 1. The van der Waals surface area contributed by atoms with E-state index in [4.69, 9.17) is 29.3 Å². The lowest BCUT2D eigenvalue weighted by Crippen LogP contribution is -2.40. The van der Waals surface area contributed by atoms with E-state index in [2.05, 4.69) is 46.3 Å². The predicted molar refractivity (Wildman–Crippen MR) is 219 cm³/mol. The van der Waals surface area contributed by atoms with Crippen LogP contribution in [0.15, 0.2) is 122 Å². The van der Waals surface area contributed by atoms with Crippen molar-refractivity contribution in [2.24, 2.45) is 0 Å². The van der Waals surface area contributed by atoms with E-state index in [9.17, 15) is 9.18 Å². The maximum Gasteiger partial charge on any atom is 0.255 e. The average molecular weight is 767 g/mol. The smallest absolute Gasteiger partial charge is 0.255 e. The number of carbonyl (C=O) groups is 1. The number of nitrogens with zero attached hydrogens (tertiary/aromatic N) is 5. The molecule has 1 aliphatic heterocycles. The van der Waals surface area contributed by atoms with Gasteiger partial charge in [0.05, 0.1) is 30.0 Å². The highest BCUT2D eigenvalue weighted by molar-refractivity contribution is 6.06. The quantitative estimate of drug-likeness (QED) is 0.131. The summed E-state index contributed by atoms with van der Waals surface area (Å²) in [5.74, 6) is -0.573. The van der Waals surface area contributed by atoms with Crippen molar-refractivity contribution in [1.29, 1.82) is 0 Å². The van der Waals surface area contributed by atoms with Crippen LogP contribution in [-0.4, -0.2) is 60.6 Å². The monoisotopic (exact) mass is 766 g/mol. The molecule has 292 valence electrons. The van der Waals surface area contributed by atoms with Crippen molar-refractivity contribution in [3.63, 3.8) is 0 Å². The molecule has 3 aromatic heterocycles. The van der Waals surface area contributed by atoms with E-state index in [1.807, 2.05) is 106 Å². The molecule has 0 spiro atoms. The first-order chi connectivity index (χ1) is 27.3. The molecule has 57 heavy (non-hydrogen) atoms. The highest BCUT2D eigenvalue weighted by atomic mass is 19.1. The van der Waals surface area contributed by atoms with E-state index in [1.165, 1.54) is 6.92 Å². The summed E-state index contributed by atoms with van der Waals surface area (Å²) < 4.78 is 35.5. The summed E-state index contributed by atoms with van der Waals surface area (Å²) in [7, 11) is 0. The molecule has 2 unspecified atom stereocenters. The lowest BCUT2D eigenvalue weighted by molar-refractivity contribution is -0.139. The second-order valence-corrected chi connectivity index (χ2v) is 16.0. The summed E-state index contributed by atoms with van der Waals surface area (Å²) in [5.41, 5.74) is 4.51. The number of aryl methyl sites for hydroxylation is 1. The van der Waals surface area contributed by atoms with Crippen LogP contribution >= 0.6 is 0 Å². The molecule has 2 atom stereocenters. The van der Waals surface area contributed by atoms with E-state index in [1.54, 1.807) is 18.3 Å². The van der Waals surface area contributed by atoms with E-state index >= 15 is 0 Å². The van der Waals surface area contributed by atoms with Crippen LogP contribution in [0.1, 0.15) is 75.0 Å². The standard InChI is InChI=1S/C46H47FN6O4/c1-30(47)56-34-22-23-39-36(26-34)40(51-53(39)25-24-35-29-55-45(5,6)57-35)38-27-48-42-41(49-38)37(43(54)50-44(2,3)4)28-52(42)46(31-16-10-7-11-17-31,32-18-12-8-13-19-32)33-20-14-9-15-21-33/h7-23,26-28,30,35H,24-25,29H2,1-6H3,(H,50,54). The Bertz CT molecular complexity index is 2430. The number of halogens is 1. The van der Waals surface area contributed by atoms with E-state index in [0.29, 0.717) is 58.8 Å². The lowest BCUT2D eigenvalue weighted by atomic mass is 9.76. The van der Waals surface area contributed by atoms with Crippen molar-refractivity contribution in [3.05, 3.63) is 144 Å². The van der Waals surface area contributed by atoms with E-state index < -0.39 is 23.2 Å². The Morgan fingerprint density at radius 3 is 2.11 bits per heavy atom. The minimum Gasteiger partial charge on any atom is -0.461 e. The number of rotatable bonds is 11. The molecule has 11 heteroatoms. The number of fused-ring (bicyclic) bond motifs is 2. The minimum absolute atomic E-state index is 0.100. The minimum atomic E-state index is -1.51. The van der Waals surface area contributed by atoms with Crippen molar-refractivity contribution in [2.75, 3.05) is 6.61 Å². The zero-order chi connectivity index (χ0) is 40.0. The van der Waals surface area contributed by atoms with Gasteiger partial charge >= 0.3 is 0 Å². The van der Waals surface area contributed by atoms with Crippen LogP contribution in [-0.2, 0) is 21.6 Å². The predicted octanol–water partition coefficient (Wildman–Crippen LogP) is 9.05. The molecule has 10 nitrogen and oxygen atoms in total. The molecule has 1 aliphatic rings. The molecule has 0 saturated carbocycles. The third kappa shape index (κ3) is 7.40. The summed E-state index contributed by atoms with van der Waals surface area (Å²) in [4.78, 5) is 24.8. The van der Waals surface area contributed by atoms with Gasteiger partial charge in [-0.2, -0.15) is 5.10 Å². The van der Waals surface area contributed by atoms with Crippen LogP contribution in [0.5, 0.6) is 5.75 Å². The van der Waals surface area contributed by atoms with Crippen LogP contribution < -0.4 is 10.1 Å². The van der Waals surface area contributed by atoms with Crippen LogP contribution in [0.4, 0.5) is 4.39 Å². The third-order valence-electron chi connectivity index (χ3n) is 10.2. The topological polar surface area (TPSA) is 105 Å². The zero-order valence-corrected chi connectivity index (χ0v) is 33.1. The number of aromatic nitrogens is 5. The molecule has 1 fully saturated rings. The van der Waals surface area contributed by atoms with Gasteiger partial charge in [-0.1, -0.05) is 91.0 Å². The number of nitrogens with one attached hydrogen (secondary N) is 1. The Kier molecular flexibility index (Phi) is 9.91. The summed E-state index contributed by atoms with van der Waals surface area (Å²) in [6.45, 7) is 12.0. The van der Waals surface area contributed by atoms with Crippen LogP contribution in [0.3, 0.4) is 0 Å². The Morgan fingerprint density at radius 2 is 1.56 bits per heavy atom. The van der Waals surface area contributed by atoms with Gasteiger partial charge in [0.1, 0.15) is 28.2 Å². The van der Waals surface area contributed by atoms with Gasteiger partial charge in [-0.25, -0.2) is 14.4 Å². The molecule has 8 rings (SSSR count). The average Bonchev–Trinajstić information content (AvgIpc) is 3.87. The molecular formula is C46H47FN6O4. The highest BCUT2D eigenvalue weighted by Gasteiger charge is 2.41. The van der Waals surface area contributed by atoms with Crippen molar-refractivity contribution in [1.82, 2.24) is 29.6 Å². The molecule has 0 aliphatic carbocycles. The molecule has 0 bridgehead atoms. The summed E-state index contributed by atoms with van der Waals surface area (Å²) in [6.07, 6.45) is 2.62. The maximum atomic E-state index is 14.4. The highest BCUT2D eigenvalue weighted by Crippen LogP contribution is 2.44. The molecule has 7 aromatic rings. The molecular weight excluding hydrogens is 720 g/mol. The van der Waals surface area contributed by atoms with Crippen LogP contribution in [0, 0.1) is 0 Å². The van der Waals surface area contributed by atoms with Crippen molar-refractivity contribution >= 4 is 28.0 Å². The molecule has 0 radical (unpaired) electrons. The summed E-state index contributed by atoms with van der Waals surface area (Å²) in [6, 6.07) is 36.1. The van der Waals surface area contributed by atoms with Gasteiger partial charge in [0.15, 0.2) is 11.4 Å². The van der Waals surface area contributed by atoms with Crippen molar-refractivity contribution in [3.8, 4) is 17.1 Å². The number of hydrogen-bond acceptors (Lipinski definition) is 7. The van der Waals surface area contributed by atoms with Crippen molar-refractivity contribution in [2.45, 2.75) is 83.8 Å². The first-order valence-corrected chi connectivity index (χ1v) is 19.3. The number of amides is 1. The summed E-state index contributed by atoms with van der Waals surface area (Å²) >= 11 is 0. The Labute approximate surface area is 331 Å². The van der Waals surface area contributed by atoms with E-state index in [-0.39, 0.29) is 12.0 Å². The number of benzene rings is 4. The van der Waals surface area contributed by atoms with Gasteiger partial charge in [0.25, 0.3) is 5.91 Å². The first-order valence-electron chi connectivity index (χ1n) is 19.3. The molecule has 4 heterocycles. The van der Waals surface area contributed by atoms with E-state index in [0.717, 1.165) is 22.2 Å². The van der Waals surface area contributed by atoms with Gasteiger partial charge in [0.2, 0.25) is 6.36 Å². The SMILES string of the molecule is CC(F)Oc1ccc2c(c1)c(-c1cnc3c(n1)c(C(=O)NC(C)(C)C)cn3C(c1ccccc1)(c1ccccc1)c1ccccc1)nn2CCC1COC(C)(C)O1. The lowest BCUT2D eigenvalue weighted by Gasteiger charge is -2.38. The van der Waals surface area contributed by atoms with Gasteiger partial charge in [-0.3, -0.25) is 9.48 Å². The molecule has 1 amide bonds. The summed E-state index contributed by atoms with van der Waals surface area (Å²) in [5, 5.41) is 8.95. The number of alkyl halides is 1. The second kappa shape index (κ2) is 14.9. The number of ether oxygens (including phenoxy) is 3. The Morgan fingerprint density at radius 1 is 0.947 bits per heavy atom. The van der Waals surface area contributed by atoms with Gasteiger partial charge in [0, 0.05) is 30.6 Å². The maximum absolute atomic E-state index is 14.4. The molecule has 1 saturated heterocycles. The fraction of sp³-hybridized carbons (Fsp3) is 0.304. The van der Waals surface area contributed by atoms with Crippen LogP contribution in [0.2, 0.25) is 0 Å². The Hall–Kier alpha value is -5.91. The molecule has 1 N–H and O–H groups in total. The van der Waals surface area contributed by atoms with Crippen molar-refractivity contribution < 1.29 is 23.4 Å². The fourth-order valence-corrected chi connectivity index (χ4v) is 7.84. The Balaban J connectivity index is 1.36.